The van der Waals surface area contributed by atoms with Gasteiger partial charge in [0.15, 0.2) is 0 Å². The van der Waals surface area contributed by atoms with Gasteiger partial charge in [-0.1, -0.05) is 23.4 Å². The number of ether oxygens (including phenoxy) is 1. The van der Waals surface area contributed by atoms with Gasteiger partial charge in [-0.3, -0.25) is 4.90 Å². The summed E-state index contributed by atoms with van der Waals surface area (Å²) in [5.41, 5.74) is 8.63. The van der Waals surface area contributed by atoms with Crippen molar-refractivity contribution in [2.24, 2.45) is 0 Å². The molecule has 5 nitrogen and oxygen atoms in total. The number of nitrogens with two attached hydrogens (primary N) is 1. The molecule has 2 N–H and O–H groups in total. The monoisotopic (exact) mass is 259 g/mol. The topological polar surface area (TPSA) is 64.5 Å². The van der Waals surface area contributed by atoms with E-state index in [1.54, 1.807) is 6.07 Å². The van der Waals surface area contributed by atoms with Crippen LogP contribution in [0.2, 0.25) is 0 Å². The van der Waals surface area contributed by atoms with Crippen LogP contribution < -0.4 is 5.73 Å². The minimum absolute atomic E-state index is 0.341. The van der Waals surface area contributed by atoms with Gasteiger partial charge >= 0.3 is 0 Å². The molecule has 1 aliphatic rings. The Morgan fingerprint density at radius 3 is 2.79 bits per heavy atom. The van der Waals surface area contributed by atoms with Gasteiger partial charge in [0.1, 0.15) is 5.69 Å². The molecular formula is C14H17N3O2. The van der Waals surface area contributed by atoms with Crippen LogP contribution in [0.15, 0.2) is 34.9 Å². The predicted octanol–water partition coefficient (Wildman–Crippen LogP) is 1.76. The Morgan fingerprint density at radius 1 is 1.21 bits per heavy atom. The van der Waals surface area contributed by atoms with Crippen LogP contribution in [0.4, 0.5) is 5.88 Å². The van der Waals surface area contributed by atoms with Crippen molar-refractivity contribution >= 4 is 5.88 Å². The predicted molar refractivity (Wildman–Crippen MR) is 72.4 cm³/mol. The molecule has 1 aromatic carbocycles. The van der Waals surface area contributed by atoms with Crippen LogP contribution in [0, 0.1) is 0 Å². The summed E-state index contributed by atoms with van der Waals surface area (Å²) in [5, 5.41) is 3.94. The van der Waals surface area contributed by atoms with Crippen molar-refractivity contribution in [3.05, 3.63) is 35.9 Å². The lowest BCUT2D eigenvalue weighted by Gasteiger charge is -2.26. The lowest BCUT2D eigenvalue weighted by molar-refractivity contribution is 0.0342. The van der Waals surface area contributed by atoms with Gasteiger partial charge in [-0.15, -0.1) is 0 Å². The highest BCUT2D eigenvalue weighted by molar-refractivity contribution is 5.61. The van der Waals surface area contributed by atoms with Crippen molar-refractivity contribution in [3.8, 4) is 11.3 Å². The molecule has 0 atom stereocenters. The minimum atomic E-state index is 0.341. The molecule has 1 aliphatic heterocycles. The van der Waals surface area contributed by atoms with E-state index in [-0.39, 0.29) is 0 Å². The third-order valence-electron chi connectivity index (χ3n) is 3.26. The standard InChI is InChI=1S/C14H17N3O2/c15-14-9-13(16-19-14)12-3-1-2-11(8-12)10-17-4-6-18-7-5-17/h1-3,8-9H,4-7,10,15H2. The van der Waals surface area contributed by atoms with Gasteiger partial charge in [-0.2, -0.15) is 0 Å². The number of nitrogen functional groups attached to an aromatic ring is 1. The second-order valence-electron chi connectivity index (χ2n) is 4.70. The van der Waals surface area contributed by atoms with Crippen molar-refractivity contribution in [3.63, 3.8) is 0 Å². The molecule has 2 aromatic rings. The lowest BCUT2D eigenvalue weighted by atomic mass is 10.1. The van der Waals surface area contributed by atoms with Gasteiger partial charge in [0.2, 0.25) is 5.88 Å². The number of morpholine rings is 1. The van der Waals surface area contributed by atoms with E-state index in [1.165, 1.54) is 5.56 Å². The maximum absolute atomic E-state index is 5.55. The van der Waals surface area contributed by atoms with E-state index in [4.69, 9.17) is 15.0 Å². The first-order valence-corrected chi connectivity index (χ1v) is 6.43. The first-order chi connectivity index (χ1) is 9.31. The molecule has 5 heteroatoms. The number of rotatable bonds is 3. The molecule has 0 amide bonds. The third-order valence-corrected chi connectivity index (χ3v) is 3.26. The largest absolute Gasteiger partial charge is 0.379 e. The summed E-state index contributed by atoms with van der Waals surface area (Å²) in [6, 6.07) is 10.1. The highest BCUT2D eigenvalue weighted by atomic mass is 16.5. The van der Waals surface area contributed by atoms with Crippen LogP contribution in [0.25, 0.3) is 11.3 Å². The van der Waals surface area contributed by atoms with Crippen LogP contribution in [0.1, 0.15) is 5.56 Å². The second kappa shape index (κ2) is 5.42. The molecule has 0 radical (unpaired) electrons. The minimum Gasteiger partial charge on any atom is -0.379 e. The fourth-order valence-corrected chi connectivity index (χ4v) is 2.27. The Morgan fingerprint density at radius 2 is 2.05 bits per heavy atom. The van der Waals surface area contributed by atoms with Crippen molar-refractivity contribution in [1.82, 2.24) is 10.1 Å². The summed E-state index contributed by atoms with van der Waals surface area (Å²) in [5.74, 6) is 0.341. The number of hydrogen-bond acceptors (Lipinski definition) is 5. The molecule has 0 bridgehead atoms. The van der Waals surface area contributed by atoms with E-state index >= 15 is 0 Å². The van der Waals surface area contributed by atoms with Crippen LogP contribution in [0.5, 0.6) is 0 Å². The fourth-order valence-electron chi connectivity index (χ4n) is 2.27. The van der Waals surface area contributed by atoms with Gasteiger partial charge in [-0.25, -0.2) is 0 Å². The Hall–Kier alpha value is -1.85. The lowest BCUT2D eigenvalue weighted by Crippen LogP contribution is -2.35. The Kier molecular flexibility index (Phi) is 3.48. The van der Waals surface area contributed by atoms with Crippen LogP contribution in [-0.2, 0) is 11.3 Å². The summed E-state index contributed by atoms with van der Waals surface area (Å²) in [7, 11) is 0. The van der Waals surface area contributed by atoms with Crippen molar-refractivity contribution in [2.75, 3.05) is 32.0 Å². The maximum atomic E-state index is 5.55. The van der Waals surface area contributed by atoms with Crippen molar-refractivity contribution in [1.29, 1.82) is 0 Å². The molecule has 19 heavy (non-hydrogen) atoms. The first-order valence-electron chi connectivity index (χ1n) is 6.43. The number of nitrogens with zero attached hydrogens (tertiary/aromatic N) is 2. The van der Waals surface area contributed by atoms with E-state index in [1.807, 2.05) is 12.1 Å². The van der Waals surface area contributed by atoms with Gasteiger partial charge in [0.05, 0.1) is 13.2 Å². The smallest absolute Gasteiger partial charge is 0.222 e. The zero-order chi connectivity index (χ0) is 13.1. The van der Waals surface area contributed by atoms with Crippen molar-refractivity contribution < 1.29 is 9.26 Å². The highest BCUT2D eigenvalue weighted by Gasteiger charge is 2.11. The van der Waals surface area contributed by atoms with Gasteiger partial charge in [-0.05, 0) is 11.6 Å². The zero-order valence-electron chi connectivity index (χ0n) is 10.7. The molecule has 1 aromatic heterocycles. The molecular weight excluding hydrogens is 242 g/mol. The normalized spacial score (nSPS) is 16.6. The number of aromatic nitrogens is 1. The maximum Gasteiger partial charge on any atom is 0.222 e. The van der Waals surface area contributed by atoms with Gasteiger partial charge in [0.25, 0.3) is 0 Å². The van der Waals surface area contributed by atoms with Crippen LogP contribution >= 0.6 is 0 Å². The SMILES string of the molecule is Nc1cc(-c2cccc(CN3CCOCC3)c2)no1. The summed E-state index contributed by atoms with van der Waals surface area (Å²) >= 11 is 0. The average molecular weight is 259 g/mol. The average Bonchev–Trinajstić information content (AvgIpc) is 2.87. The molecule has 0 saturated carbocycles. The summed E-state index contributed by atoms with van der Waals surface area (Å²) in [4.78, 5) is 2.39. The zero-order valence-corrected chi connectivity index (χ0v) is 10.7. The van der Waals surface area contributed by atoms with Gasteiger partial charge in [0, 0.05) is 31.3 Å². The first kappa shape index (κ1) is 12.2. The Bertz CT molecular complexity index is 547. The van der Waals surface area contributed by atoms with Gasteiger partial charge < -0.3 is 15.0 Å². The van der Waals surface area contributed by atoms with E-state index in [0.717, 1.165) is 44.1 Å². The molecule has 1 saturated heterocycles. The Labute approximate surface area is 111 Å². The Balaban J connectivity index is 1.75. The summed E-state index contributed by atoms with van der Waals surface area (Å²) < 4.78 is 10.3. The molecule has 2 heterocycles. The molecule has 3 rings (SSSR count). The highest BCUT2D eigenvalue weighted by Crippen LogP contribution is 2.21. The third kappa shape index (κ3) is 2.94. The number of anilines is 1. The van der Waals surface area contributed by atoms with E-state index < -0.39 is 0 Å². The fraction of sp³-hybridized carbons (Fsp3) is 0.357. The van der Waals surface area contributed by atoms with E-state index in [2.05, 4.69) is 22.2 Å². The van der Waals surface area contributed by atoms with E-state index in [0.29, 0.717) is 5.88 Å². The van der Waals surface area contributed by atoms with Crippen LogP contribution in [0.3, 0.4) is 0 Å². The molecule has 100 valence electrons. The number of benzene rings is 1. The van der Waals surface area contributed by atoms with Crippen molar-refractivity contribution in [2.45, 2.75) is 6.54 Å². The van der Waals surface area contributed by atoms with E-state index in [9.17, 15) is 0 Å². The molecule has 0 aliphatic carbocycles. The summed E-state index contributed by atoms with van der Waals surface area (Å²) in [6.45, 7) is 4.55. The molecule has 1 fully saturated rings. The quantitative estimate of drug-likeness (QED) is 0.909. The summed E-state index contributed by atoms with van der Waals surface area (Å²) in [6.07, 6.45) is 0. The second-order valence-corrected chi connectivity index (χ2v) is 4.70. The molecule has 0 spiro atoms. The van der Waals surface area contributed by atoms with Crippen LogP contribution in [-0.4, -0.2) is 36.4 Å². The number of hydrogen-bond donors (Lipinski definition) is 1. The molecule has 0 unspecified atom stereocenters.